The van der Waals surface area contributed by atoms with Crippen LogP contribution < -0.4 is 0 Å². The van der Waals surface area contributed by atoms with Crippen molar-refractivity contribution in [3.05, 3.63) is 23.8 Å². The van der Waals surface area contributed by atoms with E-state index in [2.05, 4.69) is 6.07 Å². The molecule has 13 heavy (non-hydrogen) atoms. The van der Waals surface area contributed by atoms with E-state index in [0.717, 1.165) is 17.2 Å². The zero-order valence-corrected chi connectivity index (χ0v) is 8.60. The number of benzene rings is 1. The van der Waals surface area contributed by atoms with E-state index < -0.39 is 0 Å². The van der Waals surface area contributed by atoms with E-state index in [1.54, 1.807) is 11.8 Å². The van der Waals surface area contributed by atoms with Crippen molar-refractivity contribution < 1.29 is 5.11 Å². The largest absolute Gasteiger partial charge is 0.507 e. The summed E-state index contributed by atoms with van der Waals surface area (Å²) in [6.45, 7) is 0. The van der Waals surface area contributed by atoms with Gasteiger partial charge >= 0.3 is 0 Å². The Bertz CT molecular complexity index is 305. The lowest BCUT2D eigenvalue weighted by Gasteiger charge is -2.04. The highest BCUT2D eigenvalue weighted by Crippen LogP contribution is 2.34. The molecule has 0 unspecified atom stereocenters. The fourth-order valence-corrected chi connectivity index (χ4v) is 1.99. The second kappa shape index (κ2) is 3.62. The van der Waals surface area contributed by atoms with Crippen LogP contribution in [0, 0.1) is 5.92 Å². The Morgan fingerprint density at radius 3 is 2.77 bits per heavy atom. The molecule has 0 bridgehead atoms. The zero-order chi connectivity index (χ0) is 9.26. The Morgan fingerprint density at radius 2 is 2.23 bits per heavy atom. The SMILES string of the molecule is CSc1ccc(CC2CC2)cc1O. The van der Waals surface area contributed by atoms with Crippen LogP contribution in [-0.4, -0.2) is 11.4 Å². The standard InChI is InChI=1S/C11H14OS/c1-13-11-5-4-9(7-10(11)12)6-8-2-3-8/h4-5,7-8,12H,2-3,6H2,1H3. The second-order valence-electron chi connectivity index (χ2n) is 3.65. The molecule has 0 aromatic heterocycles. The summed E-state index contributed by atoms with van der Waals surface area (Å²) in [4.78, 5) is 0.972. The lowest BCUT2D eigenvalue weighted by molar-refractivity contribution is 0.461. The third-order valence-corrected chi connectivity index (χ3v) is 3.25. The van der Waals surface area contributed by atoms with Crippen molar-refractivity contribution in [2.24, 2.45) is 5.92 Å². The van der Waals surface area contributed by atoms with Crippen LogP contribution in [0.15, 0.2) is 23.1 Å². The first-order valence-corrected chi connectivity index (χ1v) is 5.88. The van der Waals surface area contributed by atoms with Crippen molar-refractivity contribution in [2.45, 2.75) is 24.2 Å². The molecule has 0 aliphatic heterocycles. The second-order valence-corrected chi connectivity index (χ2v) is 4.50. The Morgan fingerprint density at radius 1 is 1.46 bits per heavy atom. The van der Waals surface area contributed by atoms with Crippen LogP contribution in [0.2, 0.25) is 0 Å². The Hall–Kier alpha value is -0.630. The van der Waals surface area contributed by atoms with Gasteiger partial charge in [0.05, 0.1) is 0 Å². The van der Waals surface area contributed by atoms with Gasteiger partial charge in [0.15, 0.2) is 0 Å². The molecule has 2 rings (SSSR count). The average Bonchev–Trinajstić information content (AvgIpc) is 2.89. The van der Waals surface area contributed by atoms with Crippen LogP contribution in [0.5, 0.6) is 5.75 Å². The maximum atomic E-state index is 9.60. The fraction of sp³-hybridized carbons (Fsp3) is 0.455. The molecule has 1 saturated carbocycles. The van der Waals surface area contributed by atoms with Gasteiger partial charge in [0.1, 0.15) is 5.75 Å². The molecule has 70 valence electrons. The van der Waals surface area contributed by atoms with E-state index in [1.807, 2.05) is 18.4 Å². The molecule has 0 radical (unpaired) electrons. The summed E-state index contributed by atoms with van der Waals surface area (Å²) in [5.74, 6) is 1.32. The number of phenolic OH excluding ortho intramolecular Hbond substituents is 1. The first-order valence-electron chi connectivity index (χ1n) is 4.65. The molecule has 2 heteroatoms. The Kier molecular flexibility index (Phi) is 2.49. The van der Waals surface area contributed by atoms with E-state index in [9.17, 15) is 5.11 Å². The van der Waals surface area contributed by atoms with E-state index >= 15 is 0 Å². The summed E-state index contributed by atoms with van der Waals surface area (Å²) < 4.78 is 0. The molecule has 0 spiro atoms. The normalized spacial score (nSPS) is 16.1. The quantitative estimate of drug-likeness (QED) is 0.746. The van der Waals surface area contributed by atoms with Crippen molar-refractivity contribution in [1.29, 1.82) is 0 Å². The van der Waals surface area contributed by atoms with Gasteiger partial charge in [-0.2, -0.15) is 0 Å². The van der Waals surface area contributed by atoms with Gasteiger partial charge in [0.25, 0.3) is 0 Å². The third-order valence-electron chi connectivity index (χ3n) is 2.46. The molecule has 1 aromatic rings. The fourth-order valence-electron chi connectivity index (χ4n) is 1.52. The molecule has 1 nitrogen and oxygen atoms in total. The summed E-state index contributed by atoms with van der Waals surface area (Å²) in [5.41, 5.74) is 1.28. The minimum Gasteiger partial charge on any atom is -0.507 e. The zero-order valence-electron chi connectivity index (χ0n) is 7.79. The Labute approximate surface area is 83.2 Å². The van der Waals surface area contributed by atoms with Crippen LogP contribution in [-0.2, 0) is 6.42 Å². The van der Waals surface area contributed by atoms with E-state index in [-0.39, 0.29) is 0 Å². The van der Waals surface area contributed by atoms with E-state index in [0.29, 0.717) is 5.75 Å². The molecule has 1 aliphatic carbocycles. The van der Waals surface area contributed by atoms with Gasteiger partial charge in [-0.25, -0.2) is 0 Å². The predicted octanol–water partition coefficient (Wildman–Crippen LogP) is 3.07. The van der Waals surface area contributed by atoms with Crippen LogP contribution in [0.25, 0.3) is 0 Å². The molecule has 0 saturated heterocycles. The highest BCUT2D eigenvalue weighted by molar-refractivity contribution is 7.98. The smallest absolute Gasteiger partial charge is 0.129 e. The van der Waals surface area contributed by atoms with Crippen molar-refractivity contribution >= 4 is 11.8 Å². The summed E-state index contributed by atoms with van der Waals surface area (Å²) in [5, 5.41) is 9.60. The minimum atomic E-state index is 0.436. The van der Waals surface area contributed by atoms with Crippen molar-refractivity contribution in [2.75, 3.05) is 6.26 Å². The average molecular weight is 194 g/mol. The summed E-state index contributed by atoms with van der Waals surface area (Å²) >= 11 is 1.59. The maximum absolute atomic E-state index is 9.60. The highest BCUT2D eigenvalue weighted by atomic mass is 32.2. The molecule has 1 aromatic carbocycles. The number of thioether (sulfide) groups is 1. The summed E-state index contributed by atoms with van der Waals surface area (Å²) in [6.07, 6.45) is 5.86. The summed E-state index contributed by atoms with van der Waals surface area (Å²) in [7, 11) is 0. The van der Waals surface area contributed by atoms with Crippen LogP contribution in [0.4, 0.5) is 0 Å². The van der Waals surface area contributed by atoms with Crippen LogP contribution in [0.1, 0.15) is 18.4 Å². The van der Waals surface area contributed by atoms with Crippen molar-refractivity contribution in [3.8, 4) is 5.75 Å². The van der Waals surface area contributed by atoms with E-state index in [1.165, 1.54) is 18.4 Å². The van der Waals surface area contributed by atoms with Crippen molar-refractivity contribution in [3.63, 3.8) is 0 Å². The third kappa shape index (κ3) is 2.19. The van der Waals surface area contributed by atoms with Gasteiger partial charge in [0, 0.05) is 4.90 Å². The topological polar surface area (TPSA) is 20.2 Å². The lowest BCUT2D eigenvalue weighted by atomic mass is 10.1. The molecule has 1 N–H and O–H groups in total. The number of rotatable bonds is 3. The monoisotopic (exact) mass is 194 g/mol. The highest BCUT2D eigenvalue weighted by Gasteiger charge is 2.21. The van der Waals surface area contributed by atoms with Gasteiger partial charge in [-0.05, 0) is 49.1 Å². The minimum absolute atomic E-state index is 0.436. The maximum Gasteiger partial charge on any atom is 0.129 e. The van der Waals surface area contributed by atoms with Gasteiger partial charge < -0.3 is 5.11 Å². The van der Waals surface area contributed by atoms with Crippen molar-refractivity contribution in [1.82, 2.24) is 0 Å². The number of aromatic hydroxyl groups is 1. The van der Waals surface area contributed by atoms with E-state index in [4.69, 9.17) is 0 Å². The molecular weight excluding hydrogens is 180 g/mol. The van der Waals surface area contributed by atoms with Crippen LogP contribution in [0.3, 0.4) is 0 Å². The lowest BCUT2D eigenvalue weighted by Crippen LogP contribution is -1.86. The molecule has 0 amide bonds. The predicted molar refractivity (Wildman–Crippen MR) is 56.3 cm³/mol. The number of hydrogen-bond acceptors (Lipinski definition) is 2. The molecular formula is C11H14OS. The van der Waals surface area contributed by atoms with Gasteiger partial charge in [-0.1, -0.05) is 6.07 Å². The first-order chi connectivity index (χ1) is 6.29. The summed E-state index contributed by atoms with van der Waals surface area (Å²) in [6, 6.07) is 6.05. The molecule has 0 heterocycles. The van der Waals surface area contributed by atoms with Crippen LogP contribution >= 0.6 is 11.8 Å². The van der Waals surface area contributed by atoms with Gasteiger partial charge in [0.2, 0.25) is 0 Å². The van der Waals surface area contributed by atoms with Gasteiger partial charge in [-0.3, -0.25) is 0 Å². The Balaban J connectivity index is 2.13. The number of phenols is 1. The first kappa shape index (κ1) is 8.95. The number of hydrogen-bond donors (Lipinski definition) is 1. The molecule has 1 aliphatic rings. The van der Waals surface area contributed by atoms with Gasteiger partial charge in [-0.15, -0.1) is 11.8 Å². The molecule has 1 fully saturated rings. The molecule has 0 atom stereocenters.